The minimum Gasteiger partial charge on any atom is -0.465 e. The minimum atomic E-state index is -0.421. The molecule has 1 aromatic carbocycles. The first-order valence-electron chi connectivity index (χ1n) is 4.72. The van der Waals surface area contributed by atoms with Gasteiger partial charge in [0.2, 0.25) is 0 Å². The van der Waals surface area contributed by atoms with Crippen molar-refractivity contribution < 1.29 is 15.3 Å². The highest BCUT2D eigenvalue weighted by molar-refractivity contribution is 5.74. The van der Waals surface area contributed by atoms with Crippen molar-refractivity contribution in [2.45, 2.75) is 12.5 Å². The van der Waals surface area contributed by atoms with E-state index in [4.69, 9.17) is 5.53 Å². The summed E-state index contributed by atoms with van der Waals surface area (Å²) in [7, 11) is 1.34. The van der Waals surface area contributed by atoms with Crippen LogP contribution in [0.5, 0.6) is 0 Å². The Morgan fingerprint density at radius 2 is 2.19 bits per heavy atom. The molecule has 1 rings (SSSR count). The maximum atomic E-state index is 11.1. The van der Waals surface area contributed by atoms with Gasteiger partial charge in [-0.05, 0) is 11.1 Å². The number of esters is 1. The smallest absolute Gasteiger partial charge is 0.364 e. The first-order valence-corrected chi connectivity index (χ1v) is 4.72. The molecule has 0 saturated carbocycles. The van der Waals surface area contributed by atoms with Gasteiger partial charge >= 0.3 is 5.97 Å². The molecule has 0 fully saturated rings. The zero-order chi connectivity index (χ0) is 12.0. The van der Waals surface area contributed by atoms with E-state index in [1.54, 1.807) is 24.3 Å². The van der Waals surface area contributed by atoms with Crippen LogP contribution in [0.3, 0.4) is 0 Å². The lowest BCUT2D eigenvalue weighted by Gasteiger charge is -2.06. The summed E-state index contributed by atoms with van der Waals surface area (Å²) in [4.78, 5) is 13.8. The Morgan fingerprint density at radius 3 is 2.69 bits per heavy atom. The van der Waals surface area contributed by atoms with E-state index in [0.29, 0.717) is 12.1 Å². The van der Waals surface area contributed by atoms with Crippen molar-refractivity contribution in [3.05, 3.63) is 40.3 Å². The fraction of sp³-hybridized carbons (Fsp3) is 0.300. The number of nitrogens with zero attached hydrogens (tertiary/aromatic N) is 3. The second kappa shape index (κ2) is 5.75. The van der Waals surface area contributed by atoms with Crippen molar-refractivity contribution in [2.75, 3.05) is 7.11 Å². The molecule has 0 unspecified atom stereocenters. The maximum absolute atomic E-state index is 11.1. The number of hydrogen-bond donors (Lipinski definition) is 1. The molecule has 0 heterocycles. The predicted molar refractivity (Wildman–Crippen MR) is 57.6 cm³/mol. The van der Waals surface area contributed by atoms with E-state index < -0.39 is 6.04 Å². The van der Waals surface area contributed by atoms with Gasteiger partial charge in [-0.25, -0.2) is 4.79 Å². The third kappa shape index (κ3) is 3.27. The lowest BCUT2D eigenvalue weighted by atomic mass is 10.1. The molecule has 16 heavy (non-hydrogen) atoms. The van der Waals surface area contributed by atoms with Crippen LogP contribution in [-0.4, -0.2) is 19.1 Å². The summed E-state index contributed by atoms with van der Waals surface area (Å²) in [5.41, 5.74) is 13.4. The van der Waals surface area contributed by atoms with Gasteiger partial charge in [-0.3, -0.25) is 0 Å². The van der Waals surface area contributed by atoms with Gasteiger partial charge in [0.25, 0.3) is 0 Å². The third-order valence-electron chi connectivity index (χ3n) is 2.11. The van der Waals surface area contributed by atoms with Crippen LogP contribution in [0.4, 0.5) is 5.69 Å². The molecule has 6 heteroatoms. The molecule has 0 aromatic heterocycles. The van der Waals surface area contributed by atoms with Crippen LogP contribution in [0.15, 0.2) is 29.4 Å². The van der Waals surface area contributed by atoms with Crippen molar-refractivity contribution in [1.29, 1.82) is 0 Å². The molecular weight excluding hydrogens is 208 g/mol. The van der Waals surface area contributed by atoms with Crippen LogP contribution in [0, 0.1) is 0 Å². The molecule has 0 bridgehead atoms. The summed E-state index contributed by atoms with van der Waals surface area (Å²) in [5, 5.41) is 3.45. The van der Waals surface area contributed by atoms with E-state index in [9.17, 15) is 4.79 Å². The number of quaternary nitrogens is 1. The molecule has 0 aliphatic rings. The number of hydrogen-bond acceptors (Lipinski definition) is 3. The Hall–Kier alpha value is -2.04. The van der Waals surface area contributed by atoms with Gasteiger partial charge in [0.05, 0.1) is 7.11 Å². The normalized spacial score (nSPS) is 11.4. The lowest BCUT2D eigenvalue weighted by molar-refractivity contribution is -0.407. The van der Waals surface area contributed by atoms with E-state index >= 15 is 0 Å². The lowest BCUT2D eigenvalue weighted by Crippen LogP contribution is -2.66. The number of carbonyl (C=O) groups excluding carboxylic acids is 1. The van der Waals surface area contributed by atoms with Gasteiger partial charge in [-0.2, -0.15) is 0 Å². The highest BCUT2D eigenvalue weighted by Crippen LogP contribution is 2.13. The number of benzene rings is 1. The molecule has 6 nitrogen and oxygen atoms in total. The van der Waals surface area contributed by atoms with E-state index in [1.807, 2.05) is 0 Å². The molecule has 1 aromatic rings. The minimum absolute atomic E-state index is 0.334. The molecule has 1 atom stereocenters. The van der Waals surface area contributed by atoms with Gasteiger partial charge in [-0.1, -0.05) is 29.4 Å². The number of carbonyl (C=O) groups is 1. The molecule has 3 N–H and O–H groups in total. The molecule has 0 spiro atoms. The van der Waals surface area contributed by atoms with Crippen LogP contribution in [0.25, 0.3) is 10.4 Å². The molecule has 0 amide bonds. The average Bonchev–Trinajstić information content (AvgIpc) is 2.31. The second-order valence-corrected chi connectivity index (χ2v) is 3.28. The zero-order valence-corrected chi connectivity index (χ0v) is 8.96. The van der Waals surface area contributed by atoms with Crippen LogP contribution in [0.1, 0.15) is 5.56 Å². The quantitative estimate of drug-likeness (QED) is 0.354. The van der Waals surface area contributed by atoms with E-state index in [-0.39, 0.29) is 5.97 Å². The molecule has 0 saturated heterocycles. The van der Waals surface area contributed by atoms with Crippen molar-refractivity contribution >= 4 is 11.7 Å². The Labute approximate surface area is 92.6 Å². The number of rotatable bonds is 4. The number of ether oxygens (including phenoxy) is 1. The Balaban J connectivity index is 2.68. The summed E-state index contributed by atoms with van der Waals surface area (Å²) in [6, 6.07) is 6.56. The Bertz CT molecular complexity index is 409. The number of methoxy groups -OCH3 is 1. The summed E-state index contributed by atoms with van der Waals surface area (Å²) >= 11 is 0. The van der Waals surface area contributed by atoms with Gasteiger partial charge in [0.15, 0.2) is 6.04 Å². The Kier molecular flexibility index (Phi) is 4.32. The third-order valence-corrected chi connectivity index (χ3v) is 2.11. The SMILES string of the molecule is COC(=O)[C@@H]([NH3+])Cc1ccc(N=[N+]=[N-])cc1. The van der Waals surface area contributed by atoms with Crippen LogP contribution in [-0.2, 0) is 16.0 Å². The Morgan fingerprint density at radius 1 is 1.56 bits per heavy atom. The summed E-state index contributed by atoms with van der Waals surface area (Å²) in [6.07, 6.45) is 0.503. The van der Waals surface area contributed by atoms with Crippen molar-refractivity contribution in [3.63, 3.8) is 0 Å². The standard InChI is InChI=1S/C10H12N4O2/c1-16-10(15)9(11)6-7-2-4-8(5-3-7)13-14-12/h2-5,9H,6,11H2,1H3/p+1/t9-/m0/s1. The highest BCUT2D eigenvalue weighted by atomic mass is 16.5. The fourth-order valence-electron chi connectivity index (χ4n) is 1.28. The highest BCUT2D eigenvalue weighted by Gasteiger charge is 2.17. The first kappa shape index (κ1) is 12.0. The van der Waals surface area contributed by atoms with E-state index in [2.05, 4.69) is 20.5 Å². The van der Waals surface area contributed by atoms with Crippen molar-refractivity contribution in [1.82, 2.24) is 0 Å². The molecule has 0 radical (unpaired) electrons. The molecular formula is C10H13N4O2+. The summed E-state index contributed by atoms with van der Waals surface area (Å²) in [6.45, 7) is 0. The van der Waals surface area contributed by atoms with Gasteiger partial charge in [-0.15, -0.1) is 0 Å². The van der Waals surface area contributed by atoms with Crippen molar-refractivity contribution in [3.8, 4) is 0 Å². The monoisotopic (exact) mass is 221 g/mol. The summed E-state index contributed by atoms with van der Waals surface area (Å²) < 4.78 is 4.58. The fourth-order valence-corrected chi connectivity index (χ4v) is 1.28. The van der Waals surface area contributed by atoms with Gasteiger partial charge < -0.3 is 10.5 Å². The van der Waals surface area contributed by atoms with Gasteiger partial charge in [0.1, 0.15) is 0 Å². The molecule has 84 valence electrons. The average molecular weight is 221 g/mol. The number of azide groups is 1. The van der Waals surface area contributed by atoms with Crippen LogP contribution < -0.4 is 5.73 Å². The topological polar surface area (TPSA) is 103 Å². The van der Waals surface area contributed by atoms with Gasteiger partial charge in [0, 0.05) is 17.0 Å². The molecule has 0 aliphatic carbocycles. The van der Waals surface area contributed by atoms with E-state index in [1.165, 1.54) is 7.11 Å². The predicted octanol–water partition coefficient (Wildman–Crippen LogP) is 0.954. The van der Waals surface area contributed by atoms with Crippen LogP contribution in [0.2, 0.25) is 0 Å². The van der Waals surface area contributed by atoms with Crippen LogP contribution >= 0.6 is 0 Å². The largest absolute Gasteiger partial charge is 0.465 e. The molecule has 0 aliphatic heterocycles. The summed E-state index contributed by atoms with van der Waals surface area (Å²) in [5.74, 6) is -0.334. The first-order chi connectivity index (χ1) is 7.67. The second-order valence-electron chi connectivity index (χ2n) is 3.28. The zero-order valence-electron chi connectivity index (χ0n) is 8.96. The maximum Gasteiger partial charge on any atom is 0.364 e. The van der Waals surface area contributed by atoms with Crippen molar-refractivity contribution in [2.24, 2.45) is 5.11 Å². The van der Waals surface area contributed by atoms with E-state index in [0.717, 1.165) is 5.56 Å².